The van der Waals surface area contributed by atoms with Crippen LogP contribution in [0.4, 0.5) is 4.79 Å². The molecule has 3 aliphatic rings. The molecule has 1 saturated heterocycles. The minimum Gasteiger partial charge on any atom is -0.493 e. The molecule has 1 atom stereocenters. The third kappa shape index (κ3) is 5.59. The molecule has 1 N–H and O–H groups in total. The topological polar surface area (TPSA) is 92.8 Å². The number of benzene rings is 1. The van der Waals surface area contributed by atoms with Crippen molar-refractivity contribution in [2.24, 2.45) is 5.92 Å². The maximum atomic E-state index is 12.8. The van der Waals surface area contributed by atoms with Crippen molar-refractivity contribution in [1.29, 1.82) is 0 Å². The minimum absolute atomic E-state index is 0.160. The number of nitrogens with zero attached hydrogens (tertiary/aromatic N) is 1. The van der Waals surface area contributed by atoms with Gasteiger partial charge in [0, 0.05) is 12.0 Å². The fourth-order valence-corrected chi connectivity index (χ4v) is 6.34. The van der Waals surface area contributed by atoms with Crippen LogP contribution >= 0.6 is 0 Å². The highest BCUT2D eigenvalue weighted by Gasteiger charge is 2.47. The normalized spacial score (nSPS) is 22.5. The molecule has 1 aromatic rings. The van der Waals surface area contributed by atoms with E-state index in [-0.39, 0.29) is 28.9 Å². The molecule has 1 aliphatic heterocycles. The van der Waals surface area contributed by atoms with Crippen molar-refractivity contribution < 1.29 is 22.7 Å². The predicted molar refractivity (Wildman–Crippen MR) is 118 cm³/mol. The number of imide groups is 1. The minimum atomic E-state index is -3.17. The predicted octanol–water partition coefficient (Wildman–Crippen LogP) is 3.03. The zero-order chi connectivity index (χ0) is 22.1. The molecular formula is C23H32N2O5S. The lowest BCUT2D eigenvalue weighted by Gasteiger charge is -2.19. The van der Waals surface area contributed by atoms with Crippen molar-refractivity contribution in [3.63, 3.8) is 0 Å². The molecule has 0 spiro atoms. The van der Waals surface area contributed by atoms with Crippen LogP contribution in [-0.2, 0) is 20.0 Å². The molecule has 0 aromatic heterocycles. The van der Waals surface area contributed by atoms with Crippen LogP contribution in [0.3, 0.4) is 0 Å². The molecule has 0 unspecified atom stereocenters. The standard InChI is InChI=1S/C23H32N2O5S/c1-17-21(26)24-22(27)25(17)12-3-2-4-13-31(28,29)16-23(10-11-23)19-6-5-7-20(14-19)30-15-18-8-9-18/h5-7,14,17-18H,2-4,8-13,15-16H2,1H3,(H,24,26,27)/t17-/m0/s1. The first-order chi connectivity index (χ1) is 14.8. The van der Waals surface area contributed by atoms with Crippen LogP contribution in [0, 0.1) is 5.92 Å². The maximum Gasteiger partial charge on any atom is 0.324 e. The van der Waals surface area contributed by atoms with Crippen molar-refractivity contribution in [3.8, 4) is 5.75 Å². The van der Waals surface area contributed by atoms with Gasteiger partial charge in [-0.1, -0.05) is 18.6 Å². The molecule has 4 rings (SSSR count). The third-order valence-corrected chi connectivity index (χ3v) is 8.57. The van der Waals surface area contributed by atoms with E-state index in [2.05, 4.69) is 5.32 Å². The average molecular weight is 449 g/mol. The molecule has 2 saturated carbocycles. The number of amides is 3. The number of ether oxygens (including phenoxy) is 1. The van der Waals surface area contributed by atoms with Crippen LogP contribution in [0.1, 0.15) is 57.4 Å². The number of urea groups is 1. The van der Waals surface area contributed by atoms with Crippen LogP contribution in [-0.4, -0.2) is 56.0 Å². The van der Waals surface area contributed by atoms with Gasteiger partial charge >= 0.3 is 6.03 Å². The summed E-state index contributed by atoms with van der Waals surface area (Å²) in [5.41, 5.74) is 0.810. The Morgan fingerprint density at radius 2 is 1.94 bits per heavy atom. The molecule has 0 bridgehead atoms. The average Bonchev–Trinajstić information content (AvgIpc) is 3.64. The van der Waals surface area contributed by atoms with Gasteiger partial charge in [-0.3, -0.25) is 10.1 Å². The number of hydrogen-bond acceptors (Lipinski definition) is 5. The summed E-state index contributed by atoms with van der Waals surface area (Å²) < 4.78 is 31.4. The zero-order valence-corrected chi connectivity index (χ0v) is 19.0. The lowest BCUT2D eigenvalue weighted by atomic mass is 9.98. The monoisotopic (exact) mass is 448 g/mol. The van der Waals surface area contributed by atoms with Crippen molar-refractivity contribution in [3.05, 3.63) is 29.8 Å². The smallest absolute Gasteiger partial charge is 0.324 e. The second-order valence-electron chi connectivity index (χ2n) is 9.38. The van der Waals surface area contributed by atoms with E-state index in [1.54, 1.807) is 6.92 Å². The number of carbonyl (C=O) groups excluding carboxylic acids is 2. The van der Waals surface area contributed by atoms with Gasteiger partial charge in [0.1, 0.15) is 11.8 Å². The lowest BCUT2D eigenvalue weighted by Crippen LogP contribution is -2.33. The van der Waals surface area contributed by atoms with Gasteiger partial charge in [-0.25, -0.2) is 13.2 Å². The van der Waals surface area contributed by atoms with Crippen LogP contribution < -0.4 is 10.1 Å². The first-order valence-electron chi connectivity index (χ1n) is 11.3. The van der Waals surface area contributed by atoms with Crippen molar-refractivity contribution in [2.75, 3.05) is 24.7 Å². The number of rotatable bonds is 12. The number of nitrogens with one attached hydrogen (secondary N) is 1. The summed E-state index contributed by atoms with van der Waals surface area (Å²) in [5.74, 6) is 1.60. The molecule has 31 heavy (non-hydrogen) atoms. The largest absolute Gasteiger partial charge is 0.493 e. The first-order valence-corrected chi connectivity index (χ1v) is 13.2. The van der Waals surface area contributed by atoms with E-state index in [0.717, 1.165) is 30.8 Å². The summed E-state index contributed by atoms with van der Waals surface area (Å²) in [5, 5.41) is 2.29. The molecule has 3 fully saturated rings. The molecule has 7 nitrogen and oxygen atoms in total. The SMILES string of the molecule is C[C@H]1C(=O)NC(=O)N1CCCCCS(=O)(=O)CC1(c2cccc(OCC3CC3)c2)CC1. The second kappa shape index (κ2) is 8.81. The fraction of sp³-hybridized carbons (Fsp3) is 0.652. The quantitative estimate of drug-likeness (QED) is 0.392. The van der Waals surface area contributed by atoms with Gasteiger partial charge < -0.3 is 9.64 Å². The fourth-order valence-electron chi connectivity index (χ4n) is 4.25. The number of unbranched alkanes of at least 4 members (excludes halogenated alkanes) is 2. The Kier molecular flexibility index (Phi) is 6.28. The van der Waals surface area contributed by atoms with E-state index in [0.29, 0.717) is 31.7 Å². The summed E-state index contributed by atoms with van der Waals surface area (Å²) in [4.78, 5) is 24.7. The van der Waals surface area contributed by atoms with E-state index < -0.39 is 15.9 Å². The Hall–Kier alpha value is -2.09. The summed E-state index contributed by atoms with van der Waals surface area (Å²) in [6.45, 7) is 2.92. The summed E-state index contributed by atoms with van der Waals surface area (Å²) in [7, 11) is -3.17. The highest BCUT2D eigenvalue weighted by molar-refractivity contribution is 7.91. The zero-order valence-electron chi connectivity index (χ0n) is 18.1. The third-order valence-electron chi connectivity index (χ3n) is 6.67. The first kappa shape index (κ1) is 22.1. The van der Waals surface area contributed by atoms with Crippen LogP contribution in [0.5, 0.6) is 5.75 Å². The van der Waals surface area contributed by atoms with Crippen LogP contribution in [0.15, 0.2) is 24.3 Å². The molecule has 1 heterocycles. The van der Waals surface area contributed by atoms with Crippen molar-refractivity contribution in [1.82, 2.24) is 10.2 Å². The Balaban J connectivity index is 1.23. The van der Waals surface area contributed by atoms with Crippen molar-refractivity contribution in [2.45, 2.75) is 63.3 Å². The molecule has 0 radical (unpaired) electrons. The van der Waals surface area contributed by atoms with Gasteiger partial charge in [0.25, 0.3) is 5.91 Å². The van der Waals surface area contributed by atoms with Gasteiger partial charge in [-0.2, -0.15) is 0 Å². The molecule has 170 valence electrons. The van der Waals surface area contributed by atoms with E-state index in [1.165, 1.54) is 17.7 Å². The van der Waals surface area contributed by atoms with E-state index in [1.807, 2.05) is 24.3 Å². The van der Waals surface area contributed by atoms with E-state index in [4.69, 9.17) is 4.74 Å². The maximum absolute atomic E-state index is 12.8. The Labute approximate surface area is 184 Å². The van der Waals surface area contributed by atoms with Gasteiger partial charge in [0.2, 0.25) is 0 Å². The molecular weight excluding hydrogens is 416 g/mol. The molecule has 3 amide bonds. The second-order valence-corrected chi connectivity index (χ2v) is 11.6. The highest BCUT2D eigenvalue weighted by Crippen LogP contribution is 2.50. The van der Waals surface area contributed by atoms with Crippen LogP contribution in [0.25, 0.3) is 0 Å². The Morgan fingerprint density at radius 1 is 1.16 bits per heavy atom. The molecule has 1 aromatic carbocycles. The Morgan fingerprint density at radius 3 is 2.58 bits per heavy atom. The van der Waals surface area contributed by atoms with Crippen LogP contribution in [0.2, 0.25) is 0 Å². The number of hydrogen-bond donors (Lipinski definition) is 1. The summed E-state index contributed by atoms with van der Waals surface area (Å²) in [6, 6.07) is 7.15. The Bertz CT molecular complexity index is 937. The van der Waals surface area contributed by atoms with Crippen molar-refractivity contribution >= 4 is 21.8 Å². The van der Waals surface area contributed by atoms with E-state index >= 15 is 0 Å². The van der Waals surface area contributed by atoms with Gasteiger partial charge in [-0.15, -0.1) is 0 Å². The molecule has 8 heteroatoms. The summed E-state index contributed by atoms with van der Waals surface area (Å²) >= 11 is 0. The number of sulfone groups is 1. The molecule has 2 aliphatic carbocycles. The van der Waals surface area contributed by atoms with E-state index in [9.17, 15) is 18.0 Å². The van der Waals surface area contributed by atoms with Gasteiger partial charge in [0.15, 0.2) is 9.84 Å². The van der Waals surface area contributed by atoms with Gasteiger partial charge in [0.05, 0.1) is 18.1 Å². The highest BCUT2D eigenvalue weighted by atomic mass is 32.2. The number of carbonyl (C=O) groups is 2. The lowest BCUT2D eigenvalue weighted by molar-refractivity contribution is -0.121. The van der Waals surface area contributed by atoms with Gasteiger partial charge in [-0.05, 0) is 69.1 Å². The summed E-state index contributed by atoms with van der Waals surface area (Å²) in [6.07, 6.45) is 6.24.